The minimum Gasteiger partial charge on any atom is -0.330 e. The molecule has 0 unspecified atom stereocenters. The molecule has 1 aliphatic rings. The molecule has 0 aliphatic heterocycles. The average Bonchev–Trinajstić information content (AvgIpc) is 2.05. The Morgan fingerprint density at radius 2 is 1.67 bits per heavy atom. The molecule has 2 heteroatoms. The molecule has 1 radical (unpaired) electrons. The minimum absolute atomic E-state index is 0.791. The summed E-state index contributed by atoms with van der Waals surface area (Å²) in [7, 11) is 0. The van der Waals surface area contributed by atoms with Crippen LogP contribution < -0.4 is 11.5 Å². The highest BCUT2D eigenvalue weighted by Crippen LogP contribution is 2.31. The molecular formula is C10H21N2. The van der Waals surface area contributed by atoms with E-state index < -0.39 is 0 Å². The summed E-state index contributed by atoms with van der Waals surface area (Å²) >= 11 is 0. The number of rotatable bonds is 3. The lowest BCUT2D eigenvalue weighted by atomic mass is 9.79. The molecule has 0 atom stereocenters. The third kappa shape index (κ3) is 3.11. The molecule has 12 heavy (non-hydrogen) atoms. The summed E-state index contributed by atoms with van der Waals surface area (Å²) in [5.41, 5.74) is 11.3. The number of nitrogens with two attached hydrogens (primary N) is 2. The third-order valence-corrected chi connectivity index (χ3v) is 2.91. The van der Waals surface area contributed by atoms with Crippen LogP contribution in [0, 0.1) is 17.9 Å². The molecular weight excluding hydrogens is 148 g/mol. The Kier molecular flexibility index (Phi) is 4.02. The molecule has 71 valence electrons. The van der Waals surface area contributed by atoms with Crippen molar-refractivity contribution in [3.05, 3.63) is 6.04 Å². The van der Waals surface area contributed by atoms with Gasteiger partial charge in [0, 0.05) is 6.04 Å². The fraction of sp³-hybridized carbons (Fsp3) is 0.900. The molecule has 0 aromatic carbocycles. The van der Waals surface area contributed by atoms with E-state index in [0.29, 0.717) is 0 Å². The fourth-order valence-electron chi connectivity index (χ4n) is 2.13. The molecule has 0 amide bonds. The Labute approximate surface area is 75.7 Å². The molecule has 0 spiro atoms. The summed E-state index contributed by atoms with van der Waals surface area (Å²) in [6, 6.07) is 1.09. The average molecular weight is 169 g/mol. The summed E-state index contributed by atoms with van der Waals surface area (Å²) < 4.78 is 0. The van der Waals surface area contributed by atoms with Gasteiger partial charge in [-0.3, -0.25) is 0 Å². The van der Waals surface area contributed by atoms with E-state index in [-0.39, 0.29) is 0 Å². The largest absolute Gasteiger partial charge is 0.330 e. The second-order valence-corrected chi connectivity index (χ2v) is 4.17. The van der Waals surface area contributed by atoms with Gasteiger partial charge < -0.3 is 11.5 Å². The lowest BCUT2D eigenvalue weighted by Gasteiger charge is -2.28. The Morgan fingerprint density at radius 3 is 2.08 bits per heavy atom. The van der Waals surface area contributed by atoms with E-state index in [1.54, 1.807) is 0 Å². The number of hydrogen-bond donors (Lipinski definition) is 2. The zero-order valence-electron chi connectivity index (χ0n) is 8.05. The maximum absolute atomic E-state index is 5.68. The first kappa shape index (κ1) is 10.0. The smallest absolute Gasteiger partial charge is 0.0308 e. The van der Waals surface area contributed by atoms with E-state index in [0.717, 1.165) is 30.8 Å². The van der Waals surface area contributed by atoms with Crippen molar-refractivity contribution in [3.8, 4) is 0 Å². The maximum Gasteiger partial charge on any atom is 0.0308 e. The summed E-state index contributed by atoms with van der Waals surface area (Å²) in [4.78, 5) is 0. The van der Waals surface area contributed by atoms with E-state index in [1.165, 1.54) is 25.7 Å². The summed E-state index contributed by atoms with van der Waals surface area (Å²) in [6.45, 7) is 2.90. The van der Waals surface area contributed by atoms with Gasteiger partial charge in [-0.15, -0.1) is 0 Å². The molecule has 1 saturated carbocycles. The van der Waals surface area contributed by atoms with Crippen molar-refractivity contribution in [1.29, 1.82) is 0 Å². The van der Waals surface area contributed by atoms with Crippen LogP contribution in [0.1, 0.15) is 39.0 Å². The van der Waals surface area contributed by atoms with Gasteiger partial charge in [0.05, 0.1) is 0 Å². The highest BCUT2D eigenvalue weighted by atomic mass is 14.6. The quantitative estimate of drug-likeness (QED) is 0.675. The Balaban J connectivity index is 2.17. The van der Waals surface area contributed by atoms with E-state index >= 15 is 0 Å². The standard InChI is InChI=1S/C10H21N2/c1-8(12)6-9-2-4-10(7-11)5-3-9/h9-10H,2-7,11-12H2,1H3. The molecule has 2 nitrogen and oxygen atoms in total. The predicted octanol–water partition coefficient (Wildman–Crippen LogP) is 1.65. The summed E-state index contributed by atoms with van der Waals surface area (Å²) in [5.74, 6) is 1.64. The Bertz CT molecular complexity index is 115. The molecule has 0 heterocycles. The maximum atomic E-state index is 5.68. The van der Waals surface area contributed by atoms with Crippen LogP contribution in [0.4, 0.5) is 0 Å². The molecule has 1 rings (SSSR count). The van der Waals surface area contributed by atoms with Gasteiger partial charge in [-0.2, -0.15) is 0 Å². The van der Waals surface area contributed by atoms with Crippen LogP contribution in [0.25, 0.3) is 0 Å². The van der Waals surface area contributed by atoms with E-state index in [2.05, 4.69) is 0 Å². The van der Waals surface area contributed by atoms with E-state index in [1.807, 2.05) is 6.92 Å². The van der Waals surface area contributed by atoms with Crippen LogP contribution in [0.5, 0.6) is 0 Å². The first-order valence-corrected chi connectivity index (χ1v) is 5.00. The van der Waals surface area contributed by atoms with Crippen molar-refractivity contribution in [3.63, 3.8) is 0 Å². The molecule has 1 aliphatic carbocycles. The third-order valence-electron chi connectivity index (χ3n) is 2.91. The minimum atomic E-state index is 0.791. The van der Waals surface area contributed by atoms with Gasteiger partial charge in [-0.1, -0.05) is 12.8 Å². The molecule has 1 fully saturated rings. The molecule has 4 N–H and O–H groups in total. The second-order valence-electron chi connectivity index (χ2n) is 4.17. The van der Waals surface area contributed by atoms with Gasteiger partial charge in [0.25, 0.3) is 0 Å². The summed E-state index contributed by atoms with van der Waals surface area (Å²) in [6.07, 6.45) is 6.41. The first-order valence-electron chi connectivity index (χ1n) is 5.00. The van der Waals surface area contributed by atoms with Crippen LogP contribution >= 0.6 is 0 Å². The van der Waals surface area contributed by atoms with Crippen molar-refractivity contribution < 1.29 is 0 Å². The highest BCUT2D eigenvalue weighted by Gasteiger charge is 2.20. The van der Waals surface area contributed by atoms with Crippen molar-refractivity contribution >= 4 is 0 Å². The fourth-order valence-corrected chi connectivity index (χ4v) is 2.13. The topological polar surface area (TPSA) is 52.0 Å². The zero-order chi connectivity index (χ0) is 8.97. The van der Waals surface area contributed by atoms with Gasteiger partial charge in [0.1, 0.15) is 0 Å². The van der Waals surface area contributed by atoms with Crippen LogP contribution in [-0.2, 0) is 0 Å². The Hall–Kier alpha value is -0.0800. The molecule has 0 aromatic rings. The Morgan fingerprint density at radius 1 is 1.17 bits per heavy atom. The zero-order valence-corrected chi connectivity index (χ0v) is 8.05. The summed E-state index contributed by atoms with van der Waals surface area (Å²) in [5, 5.41) is 0. The van der Waals surface area contributed by atoms with Crippen LogP contribution in [0.3, 0.4) is 0 Å². The highest BCUT2D eigenvalue weighted by molar-refractivity contribution is 4.82. The van der Waals surface area contributed by atoms with Crippen molar-refractivity contribution in [2.24, 2.45) is 23.3 Å². The SMILES string of the molecule is C[C](N)CC1CCC(CN)CC1. The van der Waals surface area contributed by atoms with E-state index in [9.17, 15) is 0 Å². The van der Waals surface area contributed by atoms with Gasteiger partial charge in [-0.25, -0.2) is 0 Å². The lowest BCUT2D eigenvalue weighted by Crippen LogP contribution is -2.23. The predicted molar refractivity (Wildman–Crippen MR) is 52.2 cm³/mol. The van der Waals surface area contributed by atoms with Gasteiger partial charge >= 0.3 is 0 Å². The molecule has 0 saturated heterocycles. The number of hydrogen-bond acceptors (Lipinski definition) is 2. The van der Waals surface area contributed by atoms with Gasteiger partial charge in [-0.05, 0) is 44.6 Å². The van der Waals surface area contributed by atoms with Gasteiger partial charge in [0.2, 0.25) is 0 Å². The van der Waals surface area contributed by atoms with Gasteiger partial charge in [0.15, 0.2) is 0 Å². The van der Waals surface area contributed by atoms with Crippen molar-refractivity contribution in [2.45, 2.75) is 39.0 Å². The normalized spacial score (nSPS) is 31.0. The van der Waals surface area contributed by atoms with Crippen LogP contribution in [0.2, 0.25) is 0 Å². The second kappa shape index (κ2) is 4.83. The van der Waals surface area contributed by atoms with Crippen molar-refractivity contribution in [2.75, 3.05) is 6.54 Å². The first-order chi connectivity index (χ1) is 5.72. The van der Waals surface area contributed by atoms with Crippen LogP contribution in [0.15, 0.2) is 0 Å². The lowest BCUT2D eigenvalue weighted by molar-refractivity contribution is 0.271. The van der Waals surface area contributed by atoms with Crippen LogP contribution in [-0.4, -0.2) is 6.54 Å². The van der Waals surface area contributed by atoms with Crippen molar-refractivity contribution in [1.82, 2.24) is 0 Å². The molecule has 0 aromatic heterocycles. The van der Waals surface area contributed by atoms with E-state index in [4.69, 9.17) is 11.5 Å². The monoisotopic (exact) mass is 169 g/mol. The molecule has 0 bridgehead atoms.